The second kappa shape index (κ2) is 9.04. The van der Waals surface area contributed by atoms with Gasteiger partial charge in [-0.25, -0.2) is 0 Å². The van der Waals surface area contributed by atoms with E-state index in [1.165, 1.54) is 12.5 Å². The summed E-state index contributed by atoms with van der Waals surface area (Å²) in [6, 6.07) is 15.7. The Balaban J connectivity index is 0.000000196. The zero-order valence-corrected chi connectivity index (χ0v) is 15.1. The largest absolute Gasteiger partial charge is 0.496 e. The first-order valence-corrected chi connectivity index (χ1v) is 8.49. The molecule has 0 saturated carbocycles. The van der Waals surface area contributed by atoms with E-state index in [9.17, 15) is 4.79 Å². The molecule has 1 atom stereocenters. The van der Waals surface area contributed by atoms with Crippen LogP contribution in [0.4, 0.5) is 0 Å². The molecular weight excluding hydrogens is 312 g/mol. The molecule has 25 heavy (non-hydrogen) atoms. The van der Waals surface area contributed by atoms with E-state index in [0.717, 1.165) is 28.6 Å². The number of para-hydroxylation sites is 2. The molecule has 0 radical (unpaired) electrons. The Kier molecular flexibility index (Phi) is 6.78. The monoisotopic (exact) mass is 338 g/mol. The SMILES string of the molecule is CC(=O)[C@H](N)Cc1c[nH]c2ccccc12.CCc1ccccc1OC. The van der Waals surface area contributed by atoms with Crippen LogP contribution in [0.1, 0.15) is 25.0 Å². The van der Waals surface area contributed by atoms with Gasteiger partial charge in [0.05, 0.1) is 13.2 Å². The molecule has 1 heterocycles. The Hall–Kier alpha value is -2.59. The van der Waals surface area contributed by atoms with Crippen LogP contribution in [-0.2, 0) is 17.6 Å². The smallest absolute Gasteiger partial charge is 0.146 e. The minimum absolute atomic E-state index is 0.0280. The summed E-state index contributed by atoms with van der Waals surface area (Å²) in [5.74, 6) is 1.02. The van der Waals surface area contributed by atoms with Gasteiger partial charge in [0.1, 0.15) is 11.5 Å². The Morgan fingerprint density at radius 2 is 1.80 bits per heavy atom. The molecule has 0 unspecified atom stereocenters. The van der Waals surface area contributed by atoms with Gasteiger partial charge in [-0.15, -0.1) is 0 Å². The molecule has 4 nitrogen and oxygen atoms in total. The van der Waals surface area contributed by atoms with Gasteiger partial charge in [0.25, 0.3) is 0 Å². The summed E-state index contributed by atoms with van der Waals surface area (Å²) >= 11 is 0. The standard InChI is InChI=1S/C12H14N2O.C9H12O/c1-8(15)11(13)6-9-7-14-12-5-3-2-4-10(9)12;1-3-8-6-4-5-7-9(8)10-2/h2-5,7,11,14H,6,13H2,1H3;4-7H,3H2,1-2H3/t11-;/m1./s1. The van der Waals surface area contributed by atoms with E-state index < -0.39 is 6.04 Å². The quantitative estimate of drug-likeness (QED) is 0.742. The third-order valence-corrected chi connectivity index (χ3v) is 4.21. The van der Waals surface area contributed by atoms with Crippen molar-refractivity contribution < 1.29 is 9.53 Å². The lowest BCUT2D eigenvalue weighted by Gasteiger charge is -2.05. The summed E-state index contributed by atoms with van der Waals surface area (Å²) < 4.78 is 5.14. The van der Waals surface area contributed by atoms with E-state index in [1.807, 2.05) is 48.7 Å². The number of fused-ring (bicyclic) bond motifs is 1. The number of aromatic nitrogens is 1. The van der Waals surface area contributed by atoms with Crippen LogP contribution in [0.25, 0.3) is 10.9 Å². The van der Waals surface area contributed by atoms with Crippen molar-refractivity contribution in [1.82, 2.24) is 4.98 Å². The number of aromatic amines is 1. The third-order valence-electron chi connectivity index (χ3n) is 4.21. The predicted molar refractivity (Wildman–Crippen MR) is 103 cm³/mol. The van der Waals surface area contributed by atoms with Crippen molar-refractivity contribution in [2.24, 2.45) is 5.73 Å². The minimum atomic E-state index is -0.399. The predicted octanol–water partition coefficient (Wildman–Crippen LogP) is 3.88. The maximum absolute atomic E-state index is 11.1. The Morgan fingerprint density at radius 1 is 1.12 bits per heavy atom. The second-order valence-corrected chi connectivity index (χ2v) is 5.95. The van der Waals surface area contributed by atoms with E-state index in [2.05, 4.69) is 18.0 Å². The van der Waals surface area contributed by atoms with Crippen molar-refractivity contribution in [2.75, 3.05) is 7.11 Å². The lowest BCUT2D eigenvalue weighted by molar-refractivity contribution is -0.118. The van der Waals surface area contributed by atoms with Crippen LogP contribution in [-0.4, -0.2) is 23.9 Å². The topological polar surface area (TPSA) is 68.1 Å². The molecule has 2 aromatic carbocycles. The zero-order valence-electron chi connectivity index (χ0n) is 15.1. The number of benzene rings is 2. The summed E-state index contributed by atoms with van der Waals surface area (Å²) in [7, 11) is 1.70. The van der Waals surface area contributed by atoms with Crippen molar-refractivity contribution in [3.63, 3.8) is 0 Å². The van der Waals surface area contributed by atoms with E-state index in [1.54, 1.807) is 7.11 Å². The first-order chi connectivity index (χ1) is 12.1. The van der Waals surface area contributed by atoms with Crippen LogP contribution in [0.3, 0.4) is 0 Å². The zero-order chi connectivity index (χ0) is 18.2. The number of carbonyl (C=O) groups excluding carboxylic acids is 1. The van der Waals surface area contributed by atoms with Gasteiger partial charge in [0.15, 0.2) is 0 Å². The fourth-order valence-corrected chi connectivity index (χ4v) is 2.68. The highest BCUT2D eigenvalue weighted by molar-refractivity contribution is 5.85. The molecule has 132 valence electrons. The molecule has 0 bridgehead atoms. The van der Waals surface area contributed by atoms with E-state index in [0.29, 0.717) is 6.42 Å². The molecule has 0 fully saturated rings. The van der Waals surface area contributed by atoms with Gasteiger partial charge in [-0.3, -0.25) is 4.79 Å². The van der Waals surface area contributed by atoms with Gasteiger partial charge in [-0.05, 0) is 43.0 Å². The van der Waals surface area contributed by atoms with Crippen LogP contribution in [0.2, 0.25) is 0 Å². The summed E-state index contributed by atoms with van der Waals surface area (Å²) in [6.45, 7) is 3.65. The highest BCUT2D eigenvalue weighted by Gasteiger charge is 2.11. The Morgan fingerprint density at radius 3 is 2.44 bits per heavy atom. The van der Waals surface area contributed by atoms with Gasteiger partial charge < -0.3 is 15.5 Å². The lowest BCUT2D eigenvalue weighted by atomic mass is 10.0. The van der Waals surface area contributed by atoms with Crippen LogP contribution in [0, 0.1) is 0 Å². The van der Waals surface area contributed by atoms with Crippen molar-refractivity contribution in [2.45, 2.75) is 32.7 Å². The number of Topliss-reactive ketones (excluding diaryl/α,β-unsaturated/α-hetero) is 1. The molecule has 1 aromatic heterocycles. The highest BCUT2D eigenvalue weighted by Crippen LogP contribution is 2.19. The number of methoxy groups -OCH3 is 1. The van der Waals surface area contributed by atoms with E-state index >= 15 is 0 Å². The first-order valence-electron chi connectivity index (χ1n) is 8.49. The number of ether oxygens (including phenoxy) is 1. The second-order valence-electron chi connectivity index (χ2n) is 5.95. The van der Waals surface area contributed by atoms with Gasteiger partial charge in [-0.1, -0.05) is 43.3 Å². The number of nitrogens with one attached hydrogen (secondary N) is 1. The number of hydrogen-bond donors (Lipinski definition) is 2. The maximum Gasteiger partial charge on any atom is 0.146 e. The molecule has 3 N–H and O–H groups in total. The molecule has 0 amide bonds. The number of H-pyrrole nitrogens is 1. The summed E-state index contributed by atoms with van der Waals surface area (Å²) in [4.78, 5) is 14.2. The highest BCUT2D eigenvalue weighted by atomic mass is 16.5. The van der Waals surface area contributed by atoms with Crippen molar-refractivity contribution >= 4 is 16.7 Å². The number of ketones is 1. The number of carbonyl (C=O) groups is 1. The third kappa shape index (κ3) is 4.94. The average Bonchev–Trinajstić information content (AvgIpc) is 3.05. The molecule has 3 aromatic rings. The number of rotatable bonds is 5. The molecule has 4 heteroatoms. The van der Waals surface area contributed by atoms with Crippen LogP contribution in [0.5, 0.6) is 5.75 Å². The molecule has 0 saturated heterocycles. The van der Waals surface area contributed by atoms with Crippen molar-refractivity contribution in [3.05, 3.63) is 65.9 Å². The fraction of sp³-hybridized carbons (Fsp3) is 0.286. The molecule has 0 aliphatic carbocycles. The van der Waals surface area contributed by atoms with Crippen LogP contribution in [0.15, 0.2) is 54.7 Å². The van der Waals surface area contributed by atoms with E-state index in [4.69, 9.17) is 10.5 Å². The van der Waals surface area contributed by atoms with Crippen LogP contribution >= 0.6 is 0 Å². The van der Waals surface area contributed by atoms with E-state index in [-0.39, 0.29) is 5.78 Å². The fourth-order valence-electron chi connectivity index (χ4n) is 2.68. The Bertz CT molecular complexity index is 800. The normalized spacial score (nSPS) is 11.5. The first kappa shape index (κ1) is 18.7. The number of nitrogens with two attached hydrogens (primary N) is 1. The molecular formula is C21H26N2O2. The Labute approximate surface area is 149 Å². The summed E-state index contributed by atoms with van der Waals surface area (Å²) in [5.41, 5.74) is 9.20. The summed E-state index contributed by atoms with van der Waals surface area (Å²) in [6.07, 6.45) is 3.55. The number of hydrogen-bond acceptors (Lipinski definition) is 3. The van der Waals surface area contributed by atoms with Gasteiger partial charge >= 0.3 is 0 Å². The van der Waals surface area contributed by atoms with Crippen molar-refractivity contribution in [1.29, 1.82) is 0 Å². The summed E-state index contributed by atoms with van der Waals surface area (Å²) in [5, 5.41) is 1.15. The van der Waals surface area contributed by atoms with Gasteiger partial charge in [0, 0.05) is 17.1 Å². The van der Waals surface area contributed by atoms with Gasteiger partial charge in [0.2, 0.25) is 0 Å². The average molecular weight is 338 g/mol. The molecule has 0 aliphatic heterocycles. The van der Waals surface area contributed by atoms with Crippen LogP contribution < -0.4 is 10.5 Å². The molecule has 0 aliphatic rings. The molecule has 0 spiro atoms. The lowest BCUT2D eigenvalue weighted by Crippen LogP contribution is -2.30. The number of aryl methyl sites for hydroxylation is 1. The molecule has 3 rings (SSSR count). The van der Waals surface area contributed by atoms with Crippen molar-refractivity contribution in [3.8, 4) is 5.75 Å². The maximum atomic E-state index is 11.1. The van der Waals surface area contributed by atoms with Gasteiger partial charge in [-0.2, -0.15) is 0 Å². The minimum Gasteiger partial charge on any atom is -0.496 e.